The molecule has 0 fully saturated rings. The van der Waals surface area contributed by atoms with Crippen LogP contribution in [0.4, 0.5) is 0 Å². The molecule has 1 rings (SSSR count). The van der Waals surface area contributed by atoms with Crippen LogP contribution in [0.5, 0.6) is 0 Å². The van der Waals surface area contributed by atoms with Gasteiger partial charge >= 0.3 is 0 Å². The molecule has 1 aromatic rings. The lowest BCUT2D eigenvalue weighted by atomic mass is 10.1. The predicted molar refractivity (Wildman–Crippen MR) is 73.9 cm³/mol. The molecule has 0 aromatic heterocycles. The topological polar surface area (TPSA) is 32.3 Å². The average molecular weight is 252 g/mol. The summed E-state index contributed by atoms with van der Waals surface area (Å²) in [6.07, 6.45) is 0.957. The summed E-state index contributed by atoms with van der Waals surface area (Å²) in [5, 5.41) is 3.07. The second-order valence-corrected chi connectivity index (χ2v) is 4.70. The van der Waals surface area contributed by atoms with Crippen molar-refractivity contribution in [1.29, 1.82) is 0 Å². The molecule has 0 aliphatic carbocycles. The SMILES string of the molecule is CNCCCN(C)C(=O)c1cc(S)ccc1C. The van der Waals surface area contributed by atoms with Crippen LogP contribution in [0.1, 0.15) is 22.3 Å². The number of aryl methyl sites for hydroxylation is 1. The minimum Gasteiger partial charge on any atom is -0.342 e. The van der Waals surface area contributed by atoms with Gasteiger partial charge in [-0.1, -0.05) is 6.07 Å². The first-order valence-electron chi connectivity index (χ1n) is 5.76. The van der Waals surface area contributed by atoms with Crippen molar-refractivity contribution >= 4 is 18.5 Å². The van der Waals surface area contributed by atoms with Crippen LogP contribution >= 0.6 is 12.6 Å². The van der Waals surface area contributed by atoms with Gasteiger partial charge in [-0.05, 0) is 44.6 Å². The van der Waals surface area contributed by atoms with Crippen LogP contribution in [0.3, 0.4) is 0 Å². The molecule has 1 N–H and O–H groups in total. The van der Waals surface area contributed by atoms with Crippen LogP contribution in [0, 0.1) is 6.92 Å². The number of rotatable bonds is 5. The normalized spacial score (nSPS) is 10.4. The third kappa shape index (κ3) is 4.06. The summed E-state index contributed by atoms with van der Waals surface area (Å²) in [5.74, 6) is 0.0644. The van der Waals surface area contributed by atoms with E-state index < -0.39 is 0 Å². The molecule has 17 heavy (non-hydrogen) atoms. The highest BCUT2D eigenvalue weighted by atomic mass is 32.1. The van der Waals surface area contributed by atoms with E-state index >= 15 is 0 Å². The van der Waals surface area contributed by atoms with Crippen LogP contribution in [0.15, 0.2) is 23.1 Å². The van der Waals surface area contributed by atoms with E-state index in [0.717, 1.165) is 35.5 Å². The summed E-state index contributed by atoms with van der Waals surface area (Å²) in [6, 6.07) is 5.66. The number of hydrogen-bond donors (Lipinski definition) is 2. The first-order chi connectivity index (χ1) is 8.06. The molecule has 94 valence electrons. The molecule has 0 aliphatic rings. The molecular formula is C13H20N2OS. The van der Waals surface area contributed by atoms with Gasteiger partial charge in [-0.25, -0.2) is 0 Å². The van der Waals surface area contributed by atoms with E-state index in [2.05, 4.69) is 17.9 Å². The smallest absolute Gasteiger partial charge is 0.253 e. The highest BCUT2D eigenvalue weighted by molar-refractivity contribution is 7.80. The number of benzene rings is 1. The van der Waals surface area contributed by atoms with Crippen molar-refractivity contribution in [3.63, 3.8) is 0 Å². The molecule has 0 spiro atoms. The Balaban J connectivity index is 2.71. The van der Waals surface area contributed by atoms with E-state index in [0.29, 0.717) is 0 Å². The second-order valence-electron chi connectivity index (χ2n) is 4.18. The molecule has 1 aromatic carbocycles. The third-order valence-electron chi connectivity index (χ3n) is 2.72. The number of thiol groups is 1. The molecule has 0 saturated heterocycles. The highest BCUT2D eigenvalue weighted by Gasteiger charge is 2.13. The third-order valence-corrected chi connectivity index (χ3v) is 3.00. The van der Waals surface area contributed by atoms with Gasteiger partial charge in [0.2, 0.25) is 0 Å². The zero-order chi connectivity index (χ0) is 12.8. The minimum atomic E-state index is 0.0644. The maximum Gasteiger partial charge on any atom is 0.253 e. The van der Waals surface area contributed by atoms with E-state index in [-0.39, 0.29) is 5.91 Å². The van der Waals surface area contributed by atoms with Crippen molar-refractivity contribution in [2.24, 2.45) is 0 Å². The van der Waals surface area contributed by atoms with Gasteiger partial charge in [0.05, 0.1) is 0 Å². The fourth-order valence-corrected chi connectivity index (χ4v) is 1.84. The Hall–Kier alpha value is -1.00. The molecular weight excluding hydrogens is 232 g/mol. The molecule has 0 radical (unpaired) electrons. The molecule has 0 unspecified atom stereocenters. The summed E-state index contributed by atoms with van der Waals surface area (Å²) in [7, 11) is 3.75. The standard InChI is InChI=1S/C13H20N2OS/c1-10-5-6-11(17)9-12(10)13(16)15(3)8-4-7-14-2/h5-6,9,14,17H,4,7-8H2,1-3H3. The maximum absolute atomic E-state index is 12.2. The van der Waals surface area contributed by atoms with Gasteiger partial charge in [-0.3, -0.25) is 4.79 Å². The molecule has 0 heterocycles. The lowest BCUT2D eigenvalue weighted by molar-refractivity contribution is 0.0793. The number of carbonyl (C=O) groups is 1. The van der Waals surface area contributed by atoms with Crippen molar-refractivity contribution in [2.45, 2.75) is 18.2 Å². The van der Waals surface area contributed by atoms with Crippen LogP contribution in [-0.4, -0.2) is 38.0 Å². The lowest BCUT2D eigenvalue weighted by Crippen LogP contribution is -2.29. The summed E-state index contributed by atoms with van der Waals surface area (Å²) >= 11 is 4.27. The van der Waals surface area contributed by atoms with E-state index in [9.17, 15) is 4.79 Å². The molecule has 0 saturated carbocycles. The summed E-state index contributed by atoms with van der Waals surface area (Å²) in [6.45, 7) is 3.63. The maximum atomic E-state index is 12.2. The fraction of sp³-hybridized carbons (Fsp3) is 0.462. The number of carbonyl (C=O) groups excluding carboxylic acids is 1. The molecule has 4 heteroatoms. The summed E-state index contributed by atoms with van der Waals surface area (Å²) < 4.78 is 0. The van der Waals surface area contributed by atoms with Gasteiger partial charge in [0.25, 0.3) is 5.91 Å². The van der Waals surface area contributed by atoms with Gasteiger partial charge < -0.3 is 10.2 Å². The van der Waals surface area contributed by atoms with Crippen molar-refractivity contribution < 1.29 is 4.79 Å². The zero-order valence-electron chi connectivity index (χ0n) is 10.7. The van der Waals surface area contributed by atoms with E-state index in [1.807, 2.05) is 39.2 Å². The van der Waals surface area contributed by atoms with Crippen molar-refractivity contribution in [2.75, 3.05) is 27.2 Å². The number of nitrogens with one attached hydrogen (secondary N) is 1. The largest absolute Gasteiger partial charge is 0.342 e. The van der Waals surface area contributed by atoms with Gasteiger partial charge in [0, 0.05) is 24.1 Å². The Kier molecular flexibility index (Phi) is 5.51. The molecule has 0 bridgehead atoms. The molecule has 0 aliphatic heterocycles. The van der Waals surface area contributed by atoms with E-state index in [1.165, 1.54) is 0 Å². The number of hydrogen-bond acceptors (Lipinski definition) is 3. The van der Waals surface area contributed by atoms with Crippen LogP contribution in [0.25, 0.3) is 0 Å². The van der Waals surface area contributed by atoms with E-state index in [1.54, 1.807) is 4.90 Å². The Bertz CT molecular complexity index is 393. The van der Waals surface area contributed by atoms with Crippen molar-refractivity contribution in [3.8, 4) is 0 Å². The minimum absolute atomic E-state index is 0.0644. The van der Waals surface area contributed by atoms with Gasteiger partial charge in [0.15, 0.2) is 0 Å². The molecule has 1 amide bonds. The number of amides is 1. The predicted octanol–water partition coefficient (Wildman–Crippen LogP) is 1.97. The zero-order valence-corrected chi connectivity index (χ0v) is 11.6. The number of nitrogens with zero attached hydrogens (tertiary/aromatic N) is 1. The Labute approximate surface area is 109 Å². The van der Waals surface area contributed by atoms with Crippen molar-refractivity contribution in [3.05, 3.63) is 29.3 Å². The van der Waals surface area contributed by atoms with Gasteiger partial charge in [0.1, 0.15) is 0 Å². The Morgan fingerprint density at radius 1 is 1.47 bits per heavy atom. The molecule has 0 atom stereocenters. The van der Waals surface area contributed by atoms with Crippen molar-refractivity contribution in [1.82, 2.24) is 10.2 Å². The Morgan fingerprint density at radius 2 is 2.18 bits per heavy atom. The van der Waals surface area contributed by atoms with Gasteiger partial charge in [-0.15, -0.1) is 12.6 Å². The fourth-order valence-electron chi connectivity index (χ4n) is 1.64. The average Bonchev–Trinajstić information content (AvgIpc) is 2.31. The van der Waals surface area contributed by atoms with Crippen LogP contribution < -0.4 is 5.32 Å². The first-order valence-corrected chi connectivity index (χ1v) is 6.20. The first kappa shape index (κ1) is 14.1. The highest BCUT2D eigenvalue weighted by Crippen LogP contribution is 2.15. The molecule has 3 nitrogen and oxygen atoms in total. The summed E-state index contributed by atoms with van der Waals surface area (Å²) in [4.78, 5) is 14.8. The second kappa shape index (κ2) is 6.67. The van der Waals surface area contributed by atoms with Crippen LogP contribution in [0.2, 0.25) is 0 Å². The monoisotopic (exact) mass is 252 g/mol. The lowest BCUT2D eigenvalue weighted by Gasteiger charge is -2.18. The van der Waals surface area contributed by atoms with Gasteiger partial charge in [-0.2, -0.15) is 0 Å². The van der Waals surface area contributed by atoms with E-state index in [4.69, 9.17) is 0 Å². The summed E-state index contributed by atoms with van der Waals surface area (Å²) in [5.41, 5.74) is 1.73. The quantitative estimate of drug-likeness (QED) is 0.620. The van der Waals surface area contributed by atoms with Crippen LogP contribution in [-0.2, 0) is 0 Å². The Morgan fingerprint density at radius 3 is 2.82 bits per heavy atom.